The molecule has 1 saturated heterocycles. The molecule has 6 nitrogen and oxygen atoms in total. The summed E-state index contributed by atoms with van der Waals surface area (Å²) < 4.78 is 10.7. The lowest BCUT2D eigenvalue weighted by atomic mass is 10.0. The molecule has 2 unspecified atom stereocenters. The van der Waals surface area contributed by atoms with E-state index in [0.29, 0.717) is 24.5 Å². The summed E-state index contributed by atoms with van der Waals surface area (Å²) in [5.74, 6) is 2.46. The van der Waals surface area contributed by atoms with Crippen LogP contribution in [0.25, 0.3) is 0 Å². The second-order valence-electron chi connectivity index (χ2n) is 7.03. The number of rotatable bonds is 9. The quantitative estimate of drug-likeness (QED) is 0.521. The number of nitrogens with two attached hydrogens (primary N) is 1. The van der Waals surface area contributed by atoms with Crippen molar-refractivity contribution >= 4 is 5.96 Å². The van der Waals surface area contributed by atoms with E-state index >= 15 is 0 Å². The second-order valence-corrected chi connectivity index (χ2v) is 7.03. The third-order valence-corrected chi connectivity index (χ3v) is 5.03. The summed E-state index contributed by atoms with van der Waals surface area (Å²) in [5, 5.41) is 3.29. The van der Waals surface area contributed by atoms with Crippen LogP contribution in [0, 0.1) is 5.92 Å². The van der Waals surface area contributed by atoms with E-state index in [-0.39, 0.29) is 0 Å². The molecule has 0 saturated carbocycles. The van der Waals surface area contributed by atoms with E-state index in [1.54, 1.807) is 14.2 Å². The van der Waals surface area contributed by atoms with Crippen molar-refractivity contribution in [2.75, 3.05) is 40.4 Å². The lowest BCUT2D eigenvalue weighted by Gasteiger charge is -2.23. The van der Waals surface area contributed by atoms with Crippen molar-refractivity contribution in [3.63, 3.8) is 0 Å². The molecule has 2 rings (SSSR count). The second kappa shape index (κ2) is 10.3. The van der Waals surface area contributed by atoms with Gasteiger partial charge in [-0.25, -0.2) is 0 Å². The minimum atomic E-state index is 0.395. The number of hydrogen-bond acceptors (Lipinski definition) is 4. The molecule has 3 N–H and O–H groups in total. The van der Waals surface area contributed by atoms with E-state index in [4.69, 9.17) is 15.2 Å². The third-order valence-electron chi connectivity index (χ3n) is 5.03. The Balaban J connectivity index is 1.79. The van der Waals surface area contributed by atoms with Crippen molar-refractivity contribution in [2.24, 2.45) is 16.6 Å². The molecule has 1 aliphatic heterocycles. The third kappa shape index (κ3) is 5.80. The van der Waals surface area contributed by atoms with Crippen molar-refractivity contribution in [1.82, 2.24) is 10.2 Å². The molecule has 26 heavy (non-hydrogen) atoms. The fraction of sp³-hybridized carbons (Fsp3) is 0.650. The van der Waals surface area contributed by atoms with Crippen LogP contribution in [0.2, 0.25) is 0 Å². The Kier molecular flexibility index (Phi) is 8.04. The molecule has 1 fully saturated rings. The highest BCUT2D eigenvalue weighted by Crippen LogP contribution is 2.28. The fourth-order valence-electron chi connectivity index (χ4n) is 3.55. The van der Waals surface area contributed by atoms with Gasteiger partial charge in [0.2, 0.25) is 0 Å². The van der Waals surface area contributed by atoms with E-state index in [2.05, 4.69) is 35.1 Å². The molecule has 2 atom stereocenters. The number of nitrogens with one attached hydrogen (secondary N) is 1. The summed E-state index contributed by atoms with van der Waals surface area (Å²) in [5.41, 5.74) is 7.26. The molecule has 146 valence electrons. The van der Waals surface area contributed by atoms with E-state index in [1.807, 2.05) is 12.1 Å². The maximum absolute atomic E-state index is 6.05. The zero-order valence-electron chi connectivity index (χ0n) is 16.6. The molecule has 0 amide bonds. The first-order chi connectivity index (χ1) is 12.6. The number of ether oxygens (including phenoxy) is 2. The average molecular weight is 363 g/mol. The summed E-state index contributed by atoms with van der Waals surface area (Å²) >= 11 is 0. The smallest absolute Gasteiger partial charge is 0.188 e. The lowest BCUT2D eigenvalue weighted by molar-refractivity contribution is 0.267. The average Bonchev–Trinajstić information content (AvgIpc) is 3.12. The molecule has 6 heteroatoms. The van der Waals surface area contributed by atoms with Gasteiger partial charge in [0, 0.05) is 19.1 Å². The first-order valence-corrected chi connectivity index (χ1v) is 9.56. The van der Waals surface area contributed by atoms with Gasteiger partial charge in [0.25, 0.3) is 0 Å². The summed E-state index contributed by atoms with van der Waals surface area (Å²) in [6.45, 7) is 8.28. The molecular formula is C20H34N4O2. The summed E-state index contributed by atoms with van der Waals surface area (Å²) in [6, 6.07) is 6.63. The lowest BCUT2D eigenvalue weighted by Crippen LogP contribution is -2.42. The monoisotopic (exact) mass is 362 g/mol. The number of benzene rings is 1. The van der Waals surface area contributed by atoms with Gasteiger partial charge >= 0.3 is 0 Å². The SMILES string of the molecule is CCN1CCCC1CNC(N)=NCC(C)Cc1ccc(OC)c(OC)c1. The van der Waals surface area contributed by atoms with Gasteiger partial charge in [0.15, 0.2) is 17.5 Å². The Morgan fingerprint density at radius 1 is 1.35 bits per heavy atom. The first-order valence-electron chi connectivity index (χ1n) is 9.56. The highest BCUT2D eigenvalue weighted by Gasteiger charge is 2.22. The maximum atomic E-state index is 6.05. The van der Waals surface area contributed by atoms with Crippen molar-refractivity contribution < 1.29 is 9.47 Å². The molecule has 0 bridgehead atoms. The zero-order chi connectivity index (χ0) is 18.9. The van der Waals surface area contributed by atoms with Gasteiger partial charge in [-0.3, -0.25) is 9.89 Å². The molecule has 1 aliphatic rings. The molecule has 0 radical (unpaired) electrons. The van der Waals surface area contributed by atoms with Gasteiger partial charge in [-0.15, -0.1) is 0 Å². The predicted molar refractivity (Wildman–Crippen MR) is 107 cm³/mol. The minimum Gasteiger partial charge on any atom is -0.493 e. The Bertz CT molecular complexity index is 591. The van der Waals surface area contributed by atoms with Crippen LogP contribution in [-0.4, -0.2) is 57.3 Å². The zero-order valence-corrected chi connectivity index (χ0v) is 16.6. The topological polar surface area (TPSA) is 72.1 Å². The molecule has 1 heterocycles. The van der Waals surface area contributed by atoms with E-state index in [1.165, 1.54) is 24.9 Å². The number of methoxy groups -OCH3 is 2. The number of likely N-dealkylation sites (N-methyl/N-ethyl adjacent to an activating group) is 1. The minimum absolute atomic E-state index is 0.395. The standard InChI is InChI=1S/C20H34N4O2/c1-5-24-10-6-7-17(24)14-23-20(21)22-13-15(2)11-16-8-9-18(25-3)19(12-16)26-4/h8-9,12,15,17H,5-7,10-11,13-14H2,1-4H3,(H3,21,22,23). The van der Waals surface area contributed by atoms with Gasteiger partial charge in [-0.05, 0) is 56.0 Å². The maximum Gasteiger partial charge on any atom is 0.188 e. The summed E-state index contributed by atoms with van der Waals surface area (Å²) in [7, 11) is 3.31. The van der Waals surface area contributed by atoms with Crippen LogP contribution in [0.4, 0.5) is 0 Å². The van der Waals surface area contributed by atoms with Crippen LogP contribution < -0.4 is 20.5 Å². The molecule has 0 spiro atoms. The first kappa shape index (κ1) is 20.4. The van der Waals surface area contributed by atoms with Crippen LogP contribution in [0.3, 0.4) is 0 Å². The van der Waals surface area contributed by atoms with Gasteiger partial charge in [-0.2, -0.15) is 0 Å². The molecule has 1 aromatic carbocycles. The highest BCUT2D eigenvalue weighted by molar-refractivity contribution is 5.77. The van der Waals surface area contributed by atoms with Gasteiger partial charge in [-0.1, -0.05) is 19.9 Å². The number of likely N-dealkylation sites (tertiary alicyclic amines) is 1. The Morgan fingerprint density at radius 2 is 2.12 bits per heavy atom. The van der Waals surface area contributed by atoms with Crippen molar-refractivity contribution in [1.29, 1.82) is 0 Å². The fourth-order valence-corrected chi connectivity index (χ4v) is 3.55. The number of aliphatic imine (C=N–C) groups is 1. The van der Waals surface area contributed by atoms with Gasteiger partial charge in [0.1, 0.15) is 0 Å². The van der Waals surface area contributed by atoms with Crippen molar-refractivity contribution in [3.05, 3.63) is 23.8 Å². The van der Waals surface area contributed by atoms with Crippen LogP contribution in [0.15, 0.2) is 23.2 Å². The number of nitrogens with zero attached hydrogens (tertiary/aromatic N) is 2. The molecule has 0 aromatic heterocycles. The van der Waals surface area contributed by atoms with Crippen LogP contribution in [0.1, 0.15) is 32.3 Å². The molecular weight excluding hydrogens is 328 g/mol. The normalized spacial score (nSPS) is 19.4. The highest BCUT2D eigenvalue weighted by atomic mass is 16.5. The summed E-state index contributed by atoms with van der Waals surface area (Å²) in [4.78, 5) is 7.02. The Morgan fingerprint density at radius 3 is 2.81 bits per heavy atom. The Hall–Kier alpha value is -1.95. The van der Waals surface area contributed by atoms with Crippen LogP contribution in [-0.2, 0) is 6.42 Å². The van der Waals surface area contributed by atoms with E-state index < -0.39 is 0 Å². The number of guanidine groups is 1. The Labute approximate surface area is 157 Å². The van der Waals surface area contributed by atoms with E-state index in [9.17, 15) is 0 Å². The number of hydrogen-bond donors (Lipinski definition) is 2. The molecule has 0 aliphatic carbocycles. The summed E-state index contributed by atoms with van der Waals surface area (Å²) in [6.07, 6.45) is 3.44. The van der Waals surface area contributed by atoms with Gasteiger partial charge < -0.3 is 20.5 Å². The predicted octanol–water partition coefficient (Wildman–Crippen LogP) is 2.27. The largest absolute Gasteiger partial charge is 0.493 e. The van der Waals surface area contributed by atoms with Crippen molar-refractivity contribution in [2.45, 2.75) is 39.2 Å². The van der Waals surface area contributed by atoms with Crippen LogP contribution >= 0.6 is 0 Å². The van der Waals surface area contributed by atoms with E-state index in [0.717, 1.165) is 31.0 Å². The molecule has 1 aromatic rings. The van der Waals surface area contributed by atoms with Gasteiger partial charge in [0.05, 0.1) is 14.2 Å². The van der Waals surface area contributed by atoms with Crippen molar-refractivity contribution in [3.8, 4) is 11.5 Å². The van der Waals surface area contributed by atoms with Crippen LogP contribution in [0.5, 0.6) is 11.5 Å².